The average molecular weight is 403 g/mol. The summed E-state index contributed by atoms with van der Waals surface area (Å²) < 4.78 is 1.04. The molecule has 0 saturated carbocycles. The molecule has 22 heavy (non-hydrogen) atoms. The van der Waals surface area contributed by atoms with E-state index in [1.807, 2.05) is 36.6 Å². The van der Waals surface area contributed by atoms with Gasteiger partial charge in [-0.3, -0.25) is 4.79 Å². The molecule has 2 aromatic rings. The third kappa shape index (κ3) is 3.87. The van der Waals surface area contributed by atoms with Crippen molar-refractivity contribution in [1.29, 1.82) is 0 Å². The maximum Gasteiger partial charge on any atom is 0.229 e. The molecule has 1 aliphatic heterocycles. The van der Waals surface area contributed by atoms with E-state index in [1.165, 1.54) is 11.3 Å². The second-order valence-corrected chi connectivity index (χ2v) is 7.01. The van der Waals surface area contributed by atoms with Crippen molar-refractivity contribution in [3.63, 3.8) is 0 Å². The van der Waals surface area contributed by atoms with Crippen LogP contribution < -0.4 is 10.6 Å². The Bertz CT molecular complexity index is 642. The molecular formula is C15H17BrClN3OS. The number of carbonyl (C=O) groups excluding carboxylic acids is 1. The van der Waals surface area contributed by atoms with E-state index in [1.54, 1.807) is 0 Å². The lowest BCUT2D eigenvalue weighted by Crippen LogP contribution is -2.48. The van der Waals surface area contributed by atoms with Crippen LogP contribution in [0.5, 0.6) is 0 Å². The fourth-order valence-electron chi connectivity index (χ4n) is 2.18. The van der Waals surface area contributed by atoms with Crippen molar-refractivity contribution in [3.8, 4) is 11.3 Å². The average Bonchev–Trinajstić information content (AvgIpc) is 2.86. The van der Waals surface area contributed by atoms with Gasteiger partial charge in [0.15, 0.2) is 5.13 Å². The van der Waals surface area contributed by atoms with Gasteiger partial charge in [0, 0.05) is 21.3 Å². The first-order chi connectivity index (χ1) is 10.1. The van der Waals surface area contributed by atoms with E-state index in [2.05, 4.69) is 31.5 Å². The van der Waals surface area contributed by atoms with Crippen LogP contribution in [0.4, 0.5) is 5.13 Å². The fourth-order valence-corrected chi connectivity index (χ4v) is 3.17. The molecule has 118 valence electrons. The second kappa shape index (κ2) is 7.55. The molecule has 1 aliphatic rings. The fraction of sp³-hybridized carbons (Fsp3) is 0.333. The highest BCUT2D eigenvalue weighted by Crippen LogP contribution is 2.27. The predicted molar refractivity (Wildman–Crippen MR) is 96.7 cm³/mol. The van der Waals surface area contributed by atoms with Crippen LogP contribution in [0.2, 0.25) is 0 Å². The zero-order valence-corrected chi connectivity index (χ0v) is 15.2. The lowest BCUT2D eigenvalue weighted by molar-refractivity contribution is -0.121. The number of hydrogen-bond acceptors (Lipinski definition) is 4. The number of halogens is 2. The Hall–Kier alpha value is -0.950. The quantitative estimate of drug-likeness (QED) is 0.818. The Morgan fingerprint density at radius 1 is 1.41 bits per heavy atom. The summed E-state index contributed by atoms with van der Waals surface area (Å²) in [6.07, 6.45) is 0. The number of amides is 1. The molecule has 1 unspecified atom stereocenters. The van der Waals surface area contributed by atoms with Gasteiger partial charge in [-0.2, -0.15) is 0 Å². The van der Waals surface area contributed by atoms with E-state index in [0.29, 0.717) is 11.0 Å². The van der Waals surface area contributed by atoms with E-state index in [9.17, 15) is 4.79 Å². The minimum absolute atomic E-state index is 0. The zero-order chi connectivity index (χ0) is 14.8. The van der Waals surface area contributed by atoms with Crippen molar-refractivity contribution in [2.45, 2.75) is 6.92 Å². The molecular weight excluding hydrogens is 386 g/mol. The standard InChI is InChI=1S/C15H16BrN3OS.ClH/c1-9(11-6-17-7-11)14(20)19-15-18-13(8-21-15)10-2-4-12(16)5-3-10;/h2-5,8-9,11,17H,6-7H2,1H3,(H,18,19,20);1H. The van der Waals surface area contributed by atoms with Gasteiger partial charge >= 0.3 is 0 Å². The number of anilines is 1. The van der Waals surface area contributed by atoms with Crippen LogP contribution in [0.1, 0.15) is 6.92 Å². The SMILES string of the molecule is CC(C(=O)Nc1nc(-c2ccc(Br)cc2)cs1)C1CNC1.Cl. The number of nitrogens with one attached hydrogen (secondary N) is 2. The summed E-state index contributed by atoms with van der Waals surface area (Å²) in [6, 6.07) is 7.98. The van der Waals surface area contributed by atoms with Crippen LogP contribution >= 0.6 is 39.7 Å². The van der Waals surface area contributed by atoms with Crippen molar-refractivity contribution in [2.24, 2.45) is 11.8 Å². The summed E-state index contributed by atoms with van der Waals surface area (Å²) in [5.74, 6) is 0.514. The number of carbonyl (C=O) groups is 1. The number of nitrogens with zero attached hydrogens (tertiary/aromatic N) is 1. The highest BCUT2D eigenvalue weighted by atomic mass is 79.9. The van der Waals surface area contributed by atoms with Crippen molar-refractivity contribution < 1.29 is 4.79 Å². The van der Waals surface area contributed by atoms with E-state index in [4.69, 9.17) is 0 Å². The summed E-state index contributed by atoms with van der Waals surface area (Å²) in [6.45, 7) is 3.83. The number of rotatable bonds is 4. The van der Waals surface area contributed by atoms with Crippen LogP contribution in [0.25, 0.3) is 11.3 Å². The van der Waals surface area contributed by atoms with Crippen LogP contribution in [-0.4, -0.2) is 24.0 Å². The van der Waals surface area contributed by atoms with Crippen molar-refractivity contribution >= 4 is 50.7 Å². The van der Waals surface area contributed by atoms with Gasteiger partial charge in [-0.1, -0.05) is 35.0 Å². The van der Waals surface area contributed by atoms with Crippen LogP contribution in [0.15, 0.2) is 34.1 Å². The van der Waals surface area contributed by atoms with Crippen LogP contribution in [0.3, 0.4) is 0 Å². The van der Waals surface area contributed by atoms with Gasteiger partial charge in [-0.15, -0.1) is 23.7 Å². The van der Waals surface area contributed by atoms with Crippen molar-refractivity contribution in [3.05, 3.63) is 34.1 Å². The monoisotopic (exact) mass is 401 g/mol. The van der Waals surface area contributed by atoms with E-state index in [-0.39, 0.29) is 24.2 Å². The Labute approximate surface area is 148 Å². The summed E-state index contributed by atoms with van der Waals surface area (Å²) in [7, 11) is 0. The van der Waals surface area contributed by atoms with Gasteiger partial charge in [0.1, 0.15) is 0 Å². The molecule has 3 rings (SSSR count). The van der Waals surface area contributed by atoms with Crippen LogP contribution in [0, 0.1) is 11.8 Å². The van der Waals surface area contributed by atoms with Gasteiger partial charge in [0.2, 0.25) is 5.91 Å². The summed E-state index contributed by atoms with van der Waals surface area (Å²) >= 11 is 4.88. The second-order valence-electron chi connectivity index (χ2n) is 5.24. The van der Waals surface area contributed by atoms with Gasteiger partial charge in [0.05, 0.1) is 5.69 Å². The number of hydrogen-bond donors (Lipinski definition) is 2. The third-order valence-electron chi connectivity index (χ3n) is 3.81. The molecule has 0 spiro atoms. The molecule has 1 amide bonds. The molecule has 0 aliphatic carbocycles. The van der Waals surface area contributed by atoms with E-state index in [0.717, 1.165) is 28.8 Å². The summed E-state index contributed by atoms with van der Waals surface area (Å²) in [5.41, 5.74) is 1.94. The lowest BCUT2D eigenvalue weighted by Gasteiger charge is -2.31. The van der Waals surface area contributed by atoms with Crippen molar-refractivity contribution in [2.75, 3.05) is 18.4 Å². The lowest BCUT2D eigenvalue weighted by atomic mass is 9.88. The molecule has 1 aromatic carbocycles. The highest BCUT2D eigenvalue weighted by Gasteiger charge is 2.29. The largest absolute Gasteiger partial charge is 0.316 e. The normalized spacial score (nSPS) is 15.5. The van der Waals surface area contributed by atoms with Gasteiger partial charge in [0.25, 0.3) is 0 Å². The first-order valence-corrected chi connectivity index (χ1v) is 8.54. The summed E-state index contributed by atoms with van der Waals surface area (Å²) in [5, 5.41) is 8.75. The van der Waals surface area contributed by atoms with Crippen LogP contribution in [-0.2, 0) is 4.79 Å². The van der Waals surface area contributed by atoms with Gasteiger partial charge in [-0.25, -0.2) is 4.98 Å². The molecule has 2 N–H and O–H groups in total. The molecule has 0 radical (unpaired) electrons. The topological polar surface area (TPSA) is 54.0 Å². The smallest absolute Gasteiger partial charge is 0.229 e. The summed E-state index contributed by atoms with van der Waals surface area (Å²) in [4.78, 5) is 16.7. The Balaban J connectivity index is 0.00000176. The maximum absolute atomic E-state index is 12.2. The number of benzene rings is 1. The molecule has 1 aromatic heterocycles. The molecule has 0 bridgehead atoms. The molecule has 7 heteroatoms. The first-order valence-electron chi connectivity index (χ1n) is 6.86. The third-order valence-corrected chi connectivity index (χ3v) is 5.09. The van der Waals surface area contributed by atoms with Gasteiger partial charge in [-0.05, 0) is 31.1 Å². The first kappa shape index (κ1) is 17.4. The van der Waals surface area contributed by atoms with Crippen molar-refractivity contribution in [1.82, 2.24) is 10.3 Å². The molecule has 2 heterocycles. The number of thiazole rings is 1. The maximum atomic E-state index is 12.2. The number of aromatic nitrogens is 1. The Morgan fingerprint density at radius 2 is 2.09 bits per heavy atom. The minimum atomic E-state index is 0. The van der Waals surface area contributed by atoms with E-state index < -0.39 is 0 Å². The van der Waals surface area contributed by atoms with Gasteiger partial charge < -0.3 is 10.6 Å². The Morgan fingerprint density at radius 3 is 2.68 bits per heavy atom. The molecule has 4 nitrogen and oxygen atoms in total. The molecule has 1 fully saturated rings. The predicted octanol–water partition coefficient (Wildman–Crippen LogP) is 3.79. The Kier molecular flexibility index (Phi) is 5.97. The zero-order valence-electron chi connectivity index (χ0n) is 12.0. The molecule has 1 saturated heterocycles. The molecule has 1 atom stereocenters. The van der Waals surface area contributed by atoms with E-state index >= 15 is 0 Å². The highest BCUT2D eigenvalue weighted by molar-refractivity contribution is 9.10. The minimum Gasteiger partial charge on any atom is -0.316 e.